The van der Waals surface area contributed by atoms with Gasteiger partial charge in [-0.1, -0.05) is 50.1 Å². The van der Waals surface area contributed by atoms with Gasteiger partial charge in [0, 0.05) is 34.9 Å². The van der Waals surface area contributed by atoms with E-state index in [2.05, 4.69) is 29.8 Å². The van der Waals surface area contributed by atoms with Crippen LogP contribution in [-0.2, 0) is 5.60 Å². The minimum atomic E-state index is -1.46. The number of benzene rings is 2. The smallest absolute Gasteiger partial charge is 0.176 e. The van der Waals surface area contributed by atoms with Crippen LogP contribution in [0.4, 0.5) is 11.4 Å². The summed E-state index contributed by atoms with van der Waals surface area (Å²) in [4.78, 5) is 6.77. The van der Waals surface area contributed by atoms with Gasteiger partial charge < -0.3 is 15.7 Å². The number of aliphatic hydroxyl groups is 1. The molecule has 5 heteroatoms. The number of fused-ring (bicyclic) bond motifs is 1. The standard InChI is InChI=1S/C22H26ClN3O/c1-3-21(2)10-12-26(13-11-21)19-7-5-4-6-16(19)22(27)17-14-15(23)8-9-18(17)25-20(22)24/h4-9,14,27H,3,10-13H2,1-2H3,(H2,24,25). The van der Waals surface area contributed by atoms with Gasteiger partial charge in [0.1, 0.15) is 5.84 Å². The summed E-state index contributed by atoms with van der Waals surface area (Å²) in [6, 6.07) is 13.3. The summed E-state index contributed by atoms with van der Waals surface area (Å²) in [6.07, 6.45) is 3.47. The van der Waals surface area contributed by atoms with Crippen molar-refractivity contribution in [3.05, 3.63) is 58.6 Å². The maximum Gasteiger partial charge on any atom is 0.176 e. The molecule has 1 saturated heterocycles. The Kier molecular flexibility index (Phi) is 4.44. The molecule has 0 amide bonds. The van der Waals surface area contributed by atoms with E-state index in [0.29, 0.717) is 21.7 Å². The molecule has 0 aromatic heterocycles. The predicted molar refractivity (Wildman–Crippen MR) is 112 cm³/mol. The molecule has 4 rings (SSSR count). The van der Waals surface area contributed by atoms with Crippen molar-refractivity contribution in [3.63, 3.8) is 0 Å². The second-order valence-corrected chi connectivity index (χ2v) is 8.47. The highest BCUT2D eigenvalue weighted by atomic mass is 35.5. The monoisotopic (exact) mass is 383 g/mol. The average Bonchev–Trinajstić information content (AvgIpc) is 2.94. The highest BCUT2D eigenvalue weighted by Gasteiger charge is 2.44. The van der Waals surface area contributed by atoms with E-state index in [0.717, 1.165) is 37.2 Å². The fourth-order valence-corrected chi connectivity index (χ4v) is 4.40. The molecule has 3 N–H and O–H groups in total. The second-order valence-electron chi connectivity index (χ2n) is 8.04. The lowest BCUT2D eigenvalue weighted by atomic mass is 9.77. The first-order valence-electron chi connectivity index (χ1n) is 9.59. The molecule has 1 fully saturated rings. The number of para-hydroxylation sites is 1. The number of piperidine rings is 1. The molecule has 142 valence electrons. The number of halogens is 1. The average molecular weight is 384 g/mol. The van der Waals surface area contributed by atoms with Crippen LogP contribution in [0.15, 0.2) is 47.5 Å². The van der Waals surface area contributed by atoms with Gasteiger partial charge in [-0.3, -0.25) is 0 Å². The van der Waals surface area contributed by atoms with Crippen molar-refractivity contribution in [1.29, 1.82) is 0 Å². The van der Waals surface area contributed by atoms with Crippen LogP contribution in [0.1, 0.15) is 44.2 Å². The van der Waals surface area contributed by atoms with Crippen LogP contribution < -0.4 is 10.6 Å². The molecular formula is C22H26ClN3O. The molecule has 0 spiro atoms. The molecule has 0 aliphatic carbocycles. The Morgan fingerprint density at radius 2 is 1.85 bits per heavy atom. The number of anilines is 1. The maximum atomic E-state index is 11.7. The lowest BCUT2D eigenvalue weighted by Gasteiger charge is -2.41. The topological polar surface area (TPSA) is 61.8 Å². The van der Waals surface area contributed by atoms with Crippen molar-refractivity contribution < 1.29 is 5.11 Å². The second kappa shape index (κ2) is 6.54. The number of amidine groups is 1. The van der Waals surface area contributed by atoms with Crippen LogP contribution in [0.25, 0.3) is 0 Å². The van der Waals surface area contributed by atoms with Crippen molar-refractivity contribution >= 4 is 28.8 Å². The zero-order valence-electron chi connectivity index (χ0n) is 15.9. The largest absolute Gasteiger partial charge is 0.384 e. The van der Waals surface area contributed by atoms with Gasteiger partial charge in [-0.2, -0.15) is 0 Å². The van der Waals surface area contributed by atoms with Gasteiger partial charge in [0.15, 0.2) is 5.60 Å². The molecule has 1 atom stereocenters. The number of hydrogen-bond acceptors (Lipinski definition) is 4. The Balaban J connectivity index is 1.77. The quantitative estimate of drug-likeness (QED) is 0.814. The van der Waals surface area contributed by atoms with Crippen LogP contribution in [0.5, 0.6) is 0 Å². The van der Waals surface area contributed by atoms with E-state index in [1.54, 1.807) is 18.2 Å². The molecular weight excluding hydrogens is 358 g/mol. The summed E-state index contributed by atoms with van der Waals surface area (Å²) in [5.74, 6) is 0.197. The molecule has 2 heterocycles. The molecule has 0 bridgehead atoms. The molecule has 27 heavy (non-hydrogen) atoms. The van der Waals surface area contributed by atoms with E-state index in [9.17, 15) is 5.11 Å². The van der Waals surface area contributed by atoms with Crippen molar-refractivity contribution in [2.24, 2.45) is 16.1 Å². The molecule has 2 aliphatic heterocycles. The third kappa shape index (κ3) is 2.91. The summed E-state index contributed by atoms with van der Waals surface area (Å²) in [7, 11) is 0. The van der Waals surface area contributed by atoms with Crippen molar-refractivity contribution in [1.82, 2.24) is 0 Å². The number of nitrogens with zero attached hydrogens (tertiary/aromatic N) is 2. The van der Waals surface area contributed by atoms with Crippen molar-refractivity contribution in [2.75, 3.05) is 18.0 Å². The van der Waals surface area contributed by atoms with E-state index in [4.69, 9.17) is 17.3 Å². The first kappa shape index (κ1) is 18.3. The molecule has 2 aromatic carbocycles. The van der Waals surface area contributed by atoms with E-state index in [1.807, 2.05) is 18.2 Å². The molecule has 2 aromatic rings. The SMILES string of the molecule is CCC1(C)CCN(c2ccccc2C2(O)C(N)=Nc3ccc(Cl)cc32)CC1. The normalized spacial score (nSPS) is 23.9. The third-order valence-corrected chi connectivity index (χ3v) is 6.65. The third-order valence-electron chi connectivity index (χ3n) is 6.42. The van der Waals surface area contributed by atoms with Crippen LogP contribution >= 0.6 is 11.6 Å². The lowest BCUT2D eigenvalue weighted by molar-refractivity contribution is 0.158. The first-order chi connectivity index (χ1) is 12.9. The number of hydrogen-bond donors (Lipinski definition) is 2. The predicted octanol–water partition coefficient (Wildman–Crippen LogP) is 4.59. The van der Waals surface area contributed by atoms with Gasteiger partial charge in [-0.05, 0) is 42.5 Å². The summed E-state index contributed by atoms with van der Waals surface area (Å²) < 4.78 is 0. The van der Waals surface area contributed by atoms with Crippen LogP contribution in [0.2, 0.25) is 5.02 Å². The maximum absolute atomic E-state index is 11.7. The highest BCUT2D eigenvalue weighted by molar-refractivity contribution is 6.30. The lowest BCUT2D eigenvalue weighted by Crippen LogP contribution is -2.43. The Morgan fingerprint density at radius 3 is 2.56 bits per heavy atom. The van der Waals surface area contributed by atoms with Gasteiger partial charge in [-0.15, -0.1) is 0 Å². The Bertz CT molecular complexity index is 902. The van der Waals surface area contributed by atoms with Gasteiger partial charge in [0.2, 0.25) is 0 Å². The van der Waals surface area contributed by atoms with Crippen LogP contribution in [0.3, 0.4) is 0 Å². The first-order valence-corrected chi connectivity index (χ1v) is 9.97. The van der Waals surface area contributed by atoms with Gasteiger partial charge >= 0.3 is 0 Å². The van der Waals surface area contributed by atoms with E-state index < -0.39 is 5.60 Å². The molecule has 2 aliphatic rings. The van der Waals surface area contributed by atoms with E-state index >= 15 is 0 Å². The minimum Gasteiger partial charge on any atom is -0.384 e. The van der Waals surface area contributed by atoms with Crippen LogP contribution in [0, 0.1) is 5.41 Å². The number of aliphatic imine (C=N–C) groups is 1. The summed E-state index contributed by atoms with van der Waals surface area (Å²) >= 11 is 6.21. The number of nitrogens with two attached hydrogens (primary N) is 1. The van der Waals surface area contributed by atoms with Crippen LogP contribution in [-0.4, -0.2) is 24.0 Å². The summed E-state index contributed by atoms with van der Waals surface area (Å²) in [6.45, 7) is 6.57. The summed E-state index contributed by atoms with van der Waals surface area (Å²) in [5.41, 5.74) is 8.30. The van der Waals surface area contributed by atoms with Gasteiger partial charge in [0.25, 0.3) is 0 Å². The Hall–Kier alpha value is -2.04. The zero-order chi connectivity index (χ0) is 19.2. The minimum absolute atomic E-state index is 0.197. The number of rotatable bonds is 3. The molecule has 4 nitrogen and oxygen atoms in total. The fraction of sp³-hybridized carbons (Fsp3) is 0.409. The molecule has 0 radical (unpaired) electrons. The van der Waals surface area contributed by atoms with Gasteiger partial charge in [-0.25, -0.2) is 4.99 Å². The van der Waals surface area contributed by atoms with E-state index in [-0.39, 0.29) is 5.84 Å². The highest BCUT2D eigenvalue weighted by Crippen LogP contribution is 2.46. The van der Waals surface area contributed by atoms with E-state index in [1.165, 1.54) is 6.42 Å². The van der Waals surface area contributed by atoms with Crippen molar-refractivity contribution in [2.45, 2.75) is 38.7 Å². The van der Waals surface area contributed by atoms with Gasteiger partial charge in [0.05, 0.1) is 5.69 Å². The fourth-order valence-electron chi connectivity index (χ4n) is 4.22. The molecule has 1 unspecified atom stereocenters. The Labute approximate surface area is 165 Å². The zero-order valence-corrected chi connectivity index (χ0v) is 16.6. The van der Waals surface area contributed by atoms with Crippen molar-refractivity contribution in [3.8, 4) is 0 Å². The molecule has 0 saturated carbocycles. The Morgan fingerprint density at radius 1 is 1.15 bits per heavy atom. The summed E-state index contributed by atoms with van der Waals surface area (Å²) in [5, 5.41) is 12.3.